The van der Waals surface area contributed by atoms with E-state index in [2.05, 4.69) is 9.97 Å². The van der Waals surface area contributed by atoms with Gasteiger partial charge in [0.05, 0.1) is 66.9 Å². The van der Waals surface area contributed by atoms with Crippen LogP contribution in [0, 0.1) is 13.8 Å². The Hall–Kier alpha value is -3.78. The Kier molecular flexibility index (Phi) is 15.9. The van der Waals surface area contributed by atoms with Gasteiger partial charge < -0.3 is 40.3 Å². The number of nitrogens with zero attached hydrogens (tertiary/aromatic N) is 1. The quantitative estimate of drug-likeness (QED) is 0.0564. The molecule has 0 aliphatic rings. The van der Waals surface area contributed by atoms with Crippen molar-refractivity contribution in [2.24, 2.45) is 0 Å². The Balaban J connectivity index is 0.000000300. The van der Waals surface area contributed by atoms with Crippen LogP contribution in [0.5, 0.6) is 0 Å². The van der Waals surface area contributed by atoms with Crippen LogP contribution in [0.25, 0.3) is 43.6 Å². The number of aliphatic hydroxyl groups excluding tert-OH is 4. The van der Waals surface area contributed by atoms with E-state index in [4.69, 9.17) is 33.4 Å². The summed E-state index contributed by atoms with van der Waals surface area (Å²) in [6, 6.07) is 15.1. The van der Waals surface area contributed by atoms with E-state index in [1.165, 1.54) is 0 Å². The van der Waals surface area contributed by atoms with Gasteiger partial charge in [-0.15, -0.1) is 0 Å². The molecule has 0 saturated heterocycles. The summed E-state index contributed by atoms with van der Waals surface area (Å²) in [4.78, 5) is 32.5. The van der Waals surface area contributed by atoms with Crippen LogP contribution in [0.3, 0.4) is 0 Å². The first-order valence-electron chi connectivity index (χ1n) is 15.1. The van der Waals surface area contributed by atoms with E-state index in [0.29, 0.717) is 51.9 Å². The molecular weight excluding hydrogens is 681 g/mol. The normalized spacial score (nSPS) is 11.6. The summed E-state index contributed by atoms with van der Waals surface area (Å²) >= 11 is 0. The second-order valence-corrected chi connectivity index (χ2v) is 14.5. The van der Waals surface area contributed by atoms with Crippen LogP contribution < -0.4 is 16.2 Å². The summed E-state index contributed by atoms with van der Waals surface area (Å²) in [5.74, 6) is 0. The lowest BCUT2D eigenvalue weighted by Crippen LogP contribution is -2.85. The first-order valence-corrected chi connectivity index (χ1v) is 18.8. The summed E-state index contributed by atoms with van der Waals surface area (Å²) < 4.78 is 49.9. The van der Waals surface area contributed by atoms with Crippen molar-refractivity contribution < 1.29 is 47.1 Å². The molecule has 5 aromatic rings. The average Bonchev–Trinajstić information content (AvgIpc) is 3.01. The fourth-order valence-corrected chi connectivity index (χ4v) is 5.49. The first kappa shape index (κ1) is 41.4. The highest BCUT2D eigenvalue weighted by atomic mass is 32.2. The second-order valence-electron chi connectivity index (χ2n) is 11.1. The molecule has 2 heterocycles. The molecule has 0 aliphatic heterocycles. The van der Waals surface area contributed by atoms with E-state index >= 15 is 0 Å². The standard InChI is InChI=1S/C22H16N2O2.C5H13NO4S.C4H11NO2.CH4O3S/c1-11-3-5-17-13(7-11)21(25)15-9-20-16(10-19(15)23-17)22(26)14-8-12(2)4-6-18(14)24-20;1-11(9,10)6(2-4-7)3-5-8;6-3-1-5-2-4-7;1-5(2,3)4/h3-10H,1-2H3,(H,23,25)(H,24,26);7-8H,2-5H2,1H3;5-7H,1-4H2;1H3,(H,2,3,4). The number of fused-ring (bicyclic) bond motifs is 4. The lowest BCUT2D eigenvalue weighted by atomic mass is 10.0. The number of rotatable bonds is 9. The van der Waals surface area contributed by atoms with Gasteiger partial charge in [0.2, 0.25) is 10.0 Å². The minimum Gasteiger partial charge on any atom is -0.748 e. The number of aliphatic hydroxyl groups is 4. The number of aryl methyl sites for hydroxylation is 2. The zero-order valence-corrected chi connectivity index (χ0v) is 29.4. The molecule has 0 saturated carbocycles. The summed E-state index contributed by atoms with van der Waals surface area (Å²) in [6.07, 6.45) is 1.64. The Morgan fingerprint density at radius 2 is 0.980 bits per heavy atom. The number of benzene rings is 3. The number of nitrogens with two attached hydrogens (primary N) is 1. The highest BCUT2D eigenvalue weighted by Gasteiger charge is 2.14. The van der Waals surface area contributed by atoms with Gasteiger partial charge in [0.1, 0.15) is 0 Å². The molecule has 17 heteroatoms. The van der Waals surface area contributed by atoms with E-state index in [1.807, 2.05) is 55.6 Å². The minimum atomic E-state index is -3.92. The van der Waals surface area contributed by atoms with Crippen molar-refractivity contribution in [3.05, 3.63) is 80.1 Å². The molecule has 0 radical (unpaired) electrons. The molecule has 8 N–H and O–H groups in total. The van der Waals surface area contributed by atoms with Crippen molar-refractivity contribution in [2.45, 2.75) is 13.8 Å². The van der Waals surface area contributed by atoms with E-state index < -0.39 is 20.1 Å². The Bertz CT molecular complexity index is 2070. The third-order valence-electron chi connectivity index (χ3n) is 6.86. The molecule has 270 valence electrons. The lowest BCUT2D eigenvalue weighted by Gasteiger charge is -2.16. The van der Waals surface area contributed by atoms with Gasteiger partial charge in [0.25, 0.3) is 0 Å². The van der Waals surface area contributed by atoms with Crippen molar-refractivity contribution in [3.63, 3.8) is 0 Å². The molecule has 0 spiro atoms. The zero-order chi connectivity index (χ0) is 36.9. The Morgan fingerprint density at radius 3 is 1.29 bits per heavy atom. The van der Waals surface area contributed by atoms with Crippen LogP contribution >= 0.6 is 0 Å². The van der Waals surface area contributed by atoms with Gasteiger partial charge in [-0.2, -0.15) is 4.31 Å². The highest BCUT2D eigenvalue weighted by molar-refractivity contribution is 7.88. The predicted octanol–water partition coefficient (Wildman–Crippen LogP) is -0.779. The third kappa shape index (κ3) is 12.9. The van der Waals surface area contributed by atoms with Crippen molar-refractivity contribution in [2.75, 3.05) is 65.1 Å². The maximum Gasteiger partial charge on any atom is 0.211 e. The number of aromatic nitrogens is 2. The van der Waals surface area contributed by atoms with E-state index in [9.17, 15) is 18.0 Å². The lowest BCUT2D eigenvalue weighted by molar-refractivity contribution is -0.657. The zero-order valence-electron chi connectivity index (χ0n) is 27.8. The van der Waals surface area contributed by atoms with Gasteiger partial charge in [-0.3, -0.25) is 9.59 Å². The molecule has 0 amide bonds. The number of pyridine rings is 2. The Morgan fingerprint density at radius 1 is 0.633 bits per heavy atom. The molecule has 0 fully saturated rings. The monoisotopic (exact) mass is 724 g/mol. The van der Waals surface area contributed by atoms with E-state index in [0.717, 1.165) is 32.7 Å². The number of hydrogen-bond donors (Lipinski definition) is 7. The molecule has 2 aromatic heterocycles. The summed E-state index contributed by atoms with van der Waals surface area (Å²) in [6.45, 7) is 5.34. The topological polar surface area (TPSA) is 258 Å². The first-order chi connectivity index (χ1) is 22.9. The van der Waals surface area contributed by atoms with Crippen LogP contribution in [-0.4, -0.2) is 121 Å². The molecule has 3 aromatic carbocycles. The van der Waals surface area contributed by atoms with Crippen LogP contribution in [0.15, 0.2) is 58.1 Å². The number of nitrogens with one attached hydrogen (secondary N) is 2. The van der Waals surface area contributed by atoms with Gasteiger partial charge in [-0.1, -0.05) is 23.3 Å². The highest BCUT2D eigenvalue weighted by Crippen LogP contribution is 2.22. The van der Waals surface area contributed by atoms with Crippen molar-refractivity contribution in [1.82, 2.24) is 14.3 Å². The second kappa shape index (κ2) is 18.8. The molecular formula is C32H44N4O11S2. The fraction of sp³-hybridized carbons (Fsp3) is 0.375. The minimum absolute atomic E-state index is 0.0239. The predicted molar refractivity (Wildman–Crippen MR) is 189 cm³/mol. The maximum absolute atomic E-state index is 13.0. The summed E-state index contributed by atoms with van der Waals surface area (Å²) in [7, 11) is -7.19. The van der Waals surface area contributed by atoms with Gasteiger partial charge >= 0.3 is 0 Å². The van der Waals surface area contributed by atoms with Crippen molar-refractivity contribution in [1.29, 1.82) is 0 Å². The van der Waals surface area contributed by atoms with Gasteiger partial charge in [-0.05, 0) is 50.2 Å². The molecule has 0 unspecified atom stereocenters. The molecule has 0 bridgehead atoms. The van der Waals surface area contributed by atoms with Crippen LogP contribution in [-0.2, 0) is 20.1 Å². The van der Waals surface area contributed by atoms with Crippen molar-refractivity contribution in [3.8, 4) is 0 Å². The number of sulfonamides is 1. The van der Waals surface area contributed by atoms with Crippen LogP contribution in [0.4, 0.5) is 0 Å². The van der Waals surface area contributed by atoms with E-state index in [1.54, 1.807) is 12.1 Å². The fourth-order valence-electron chi connectivity index (χ4n) is 4.67. The average molecular weight is 725 g/mol. The smallest absolute Gasteiger partial charge is 0.211 e. The largest absolute Gasteiger partial charge is 0.748 e. The molecule has 0 atom stereocenters. The third-order valence-corrected chi connectivity index (χ3v) is 8.16. The number of quaternary nitrogens is 1. The maximum atomic E-state index is 13.0. The molecule has 5 rings (SSSR count). The van der Waals surface area contributed by atoms with Crippen molar-refractivity contribution >= 4 is 63.8 Å². The van der Waals surface area contributed by atoms with Gasteiger partial charge in [0.15, 0.2) is 10.9 Å². The van der Waals surface area contributed by atoms with Gasteiger partial charge in [0, 0.05) is 51.9 Å². The molecule has 49 heavy (non-hydrogen) atoms. The summed E-state index contributed by atoms with van der Waals surface area (Å²) in [5.41, 5.74) is 4.94. The number of aromatic amines is 2. The molecule has 15 nitrogen and oxygen atoms in total. The number of H-pyrrole nitrogens is 2. The van der Waals surface area contributed by atoms with E-state index in [-0.39, 0.29) is 50.4 Å². The van der Waals surface area contributed by atoms with Crippen LogP contribution in [0.1, 0.15) is 11.1 Å². The Labute approximate surface area is 283 Å². The molecule has 0 aliphatic carbocycles. The van der Waals surface area contributed by atoms with Gasteiger partial charge in [-0.25, -0.2) is 16.8 Å². The SMILES string of the molecule is CS(=O)(=O)N(CCO)CCO.CS(=O)(=O)[O-].Cc1ccc2[nH]c3cc4c(=O)c5cc(C)ccc5[nH]c4cc3c(=O)c2c1.OCC[NH2+]CCO. The van der Waals surface area contributed by atoms with Crippen LogP contribution in [0.2, 0.25) is 0 Å². The number of hydrogen-bond acceptors (Lipinski definition) is 11. The summed E-state index contributed by atoms with van der Waals surface area (Å²) in [5, 5.41) is 37.6.